The number of nitrogens with one attached hydrogen (secondary N) is 1. The van der Waals surface area contributed by atoms with Crippen molar-refractivity contribution in [2.75, 3.05) is 32.1 Å². The lowest BCUT2D eigenvalue weighted by Gasteiger charge is -2.38. The van der Waals surface area contributed by atoms with Crippen molar-refractivity contribution >= 4 is 40.3 Å². The van der Waals surface area contributed by atoms with E-state index in [0.717, 1.165) is 30.1 Å². The second kappa shape index (κ2) is 9.29. The first-order valence-corrected chi connectivity index (χ1v) is 11.2. The Morgan fingerprint density at radius 2 is 1.79 bits per heavy atom. The normalized spacial score (nSPS) is 14.0. The van der Waals surface area contributed by atoms with Crippen LogP contribution in [0, 0.1) is 5.92 Å². The number of rotatable bonds is 7. The molecular weight excluding hydrogens is 382 g/mol. The smallest absolute Gasteiger partial charge is 0.106 e. The summed E-state index contributed by atoms with van der Waals surface area (Å²) in [4.78, 5) is 8.16. The van der Waals surface area contributed by atoms with Crippen LogP contribution in [0.25, 0.3) is 0 Å². The molecule has 0 fully saturated rings. The molecule has 2 aromatic rings. The van der Waals surface area contributed by atoms with E-state index in [0.29, 0.717) is 12.0 Å². The number of para-hydroxylation sites is 1. The fraction of sp³-hybridized carbons (Fsp3) is 0.435. The molecule has 0 aromatic heterocycles. The van der Waals surface area contributed by atoms with Gasteiger partial charge in [-0.25, -0.2) is 0 Å². The van der Waals surface area contributed by atoms with Gasteiger partial charge in [0.15, 0.2) is 0 Å². The van der Waals surface area contributed by atoms with Crippen LogP contribution in [0.3, 0.4) is 0 Å². The SMILES string of the molecule is CC(C)CCNC(=S)c1ccc2c(c1)N([C@H](C)CN(C)C)c1ccccc1S2. The number of thiocarbonyl (C=S) groups is 1. The van der Waals surface area contributed by atoms with E-state index in [1.807, 2.05) is 11.8 Å². The quantitative estimate of drug-likeness (QED) is 0.598. The minimum absolute atomic E-state index is 0.355. The third-order valence-electron chi connectivity index (χ3n) is 4.90. The van der Waals surface area contributed by atoms with E-state index in [9.17, 15) is 0 Å². The Hall–Kier alpha value is -1.56. The second-order valence-electron chi connectivity index (χ2n) is 8.17. The van der Waals surface area contributed by atoms with Crippen LogP contribution in [0.4, 0.5) is 11.4 Å². The Kier molecular flexibility index (Phi) is 7.02. The van der Waals surface area contributed by atoms with Crippen LogP contribution in [-0.2, 0) is 0 Å². The molecule has 0 bridgehead atoms. The Morgan fingerprint density at radius 3 is 2.50 bits per heavy atom. The number of nitrogens with zero attached hydrogens (tertiary/aromatic N) is 2. The van der Waals surface area contributed by atoms with Crippen LogP contribution in [-0.4, -0.2) is 43.1 Å². The average Bonchev–Trinajstić information content (AvgIpc) is 2.64. The number of anilines is 2. The van der Waals surface area contributed by atoms with Gasteiger partial charge in [-0.2, -0.15) is 0 Å². The topological polar surface area (TPSA) is 18.5 Å². The predicted octanol–water partition coefficient (Wildman–Crippen LogP) is 5.55. The molecule has 1 aliphatic rings. The van der Waals surface area contributed by atoms with Gasteiger partial charge in [0.25, 0.3) is 0 Å². The zero-order valence-corrected chi connectivity index (χ0v) is 19.2. The molecule has 0 radical (unpaired) electrons. The second-order valence-corrected chi connectivity index (χ2v) is 9.66. The summed E-state index contributed by atoms with van der Waals surface area (Å²) in [5.74, 6) is 0.675. The lowest BCUT2D eigenvalue weighted by Crippen LogP contribution is -2.38. The molecular formula is C23H31N3S2. The van der Waals surface area contributed by atoms with Crippen molar-refractivity contribution in [3.05, 3.63) is 48.0 Å². The van der Waals surface area contributed by atoms with E-state index in [1.165, 1.54) is 21.2 Å². The van der Waals surface area contributed by atoms with Gasteiger partial charge in [-0.15, -0.1) is 0 Å². The molecule has 150 valence electrons. The van der Waals surface area contributed by atoms with E-state index in [4.69, 9.17) is 12.2 Å². The molecule has 3 nitrogen and oxygen atoms in total. The highest BCUT2D eigenvalue weighted by molar-refractivity contribution is 7.99. The van der Waals surface area contributed by atoms with Gasteiger partial charge in [0, 0.05) is 34.5 Å². The summed E-state index contributed by atoms with van der Waals surface area (Å²) in [6, 6.07) is 15.7. The van der Waals surface area contributed by atoms with Gasteiger partial charge in [0.2, 0.25) is 0 Å². The molecule has 0 spiro atoms. The molecule has 1 atom stereocenters. The van der Waals surface area contributed by atoms with Crippen LogP contribution < -0.4 is 10.2 Å². The summed E-state index contributed by atoms with van der Waals surface area (Å²) in [5, 5.41) is 3.43. The van der Waals surface area contributed by atoms with E-state index < -0.39 is 0 Å². The van der Waals surface area contributed by atoms with Crippen LogP contribution in [0.2, 0.25) is 0 Å². The Labute approximate surface area is 179 Å². The maximum Gasteiger partial charge on any atom is 0.106 e. The van der Waals surface area contributed by atoms with Crippen molar-refractivity contribution in [1.82, 2.24) is 10.2 Å². The number of fused-ring (bicyclic) bond motifs is 2. The molecule has 0 saturated heterocycles. The summed E-state index contributed by atoms with van der Waals surface area (Å²) in [5.41, 5.74) is 3.63. The molecule has 0 unspecified atom stereocenters. The highest BCUT2D eigenvalue weighted by Gasteiger charge is 2.27. The Morgan fingerprint density at radius 1 is 1.07 bits per heavy atom. The van der Waals surface area contributed by atoms with E-state index >= 15 is 0 Å². The van der Waals surface area contributed by atoms with Crippen molar-refractivity contribution in [2.45, 2.75) is 43.0 Å². The minimum atomic E-state index is 0.355. The Bertz CT molecular complexity index is 832. The molecule has 0 saturated carbocycles. The first-order valence-electron chi connectivity index (χ1n) is 10.00. The largest absolute Gasteiger partial charge is 0.376 e. The van der Waals surface area contributed by atoms with Crippen LogP contribution >= 0.6 is 24.0 Å². The van der Waals surface area contributed by atoms with Crippen molar-refractivity contribution in [2.24, 2.45) is 5.92 Å². The van der Waals surface area contributed by atoms with E-state index in [2.05, 4.69) is 92.4 Å². The van der Waals surface area contributed by atoms with Crippen molar-refractivity contribution in [3.8, 4) is 0 Å². The number of likely N-dealkylation sites (N-methyl/N-ethyl adjacent to an activating group) is 1. The summed E-state index contributed by atoms with van der Waals surface area (Å²) in [6.07, 6.45) is 1.13. The molecule has 0 amide bonds. The van der Waals surface area contributed by atoms with Crippen LogP contribution in [0.1, 0.15) is 32.8 Å². The zero-order valence-electron chi connectivity index (χ0n) is 17.5. The summed E-state index contributed by atoms with van der Waals surface area (Å²) in [7, 11) is 4.26. The number of hydrogen-bond acceptors (Lipinski definition) is 4. The van der Waals surface area contributed by atoms with Gasteiger partial charge >= 0.3 is 0 Å². The van der Waals surface area contributed by atoms with E-state index in [1.54, 1.807) is 0 Å². The Balaban J connectivity index is 1.92. The zero-order chi connectivity index (χ0) is 20.3. The van der Waals surface area contributed by atoms with Crippen molar-refractivity contribution in [1.29, 1.82) is 0 Å². The fourth-order valence-electron chi connectivity index (χ4n) is 3.59. The number of benzene rings is 2. The monoisotopic (exact) mass is 413 g/mol. The van der Waals surface area contributed by atoms with Gasteiger partial charge < -0.3 is 15.1 Å². The van der Waals surface area contributed by atoms with E-state index in [-0.39, 0.29) is 0 Å². The molecule has 1 N–H and O–H groups in total. The number of hydrogen-bond donors (Lipinski definition) is 1. The van der Waals surface area contributed by atoms with Gasteiger partial charge in [-0.05, 0) is 57.6 Å². The minimum Gasteiger partial charge on any atom is -0.376 e. The van der Waals surface area contributed by atoms with Gasteiger partial charge in [-0.3, -0.25) is 0 Å². The maximum absolute atomic E-state index is 5.69. The molecule has 1 aliphatic heterocycles. The summed E-state index contributed by atoms with van der Waals surface area (Å²) in [6.45, 7) is 8.68. The standard InChI is InChI=1S/C23H31N3S2/c1-16(2)12-13-24-23(27)18-10-11-22-20(14-18)26(17(3)15-25(4)5)19-8-6-7-9-21(19)28-22/h6-11,14,16-17H,12-13,15H2,1-5H3,(H,24,27)/t17-/m1/s1. The van der Waals surface area contributed by atoms with Gasteiger partial charge in [0.1, 0.15) is 4.99 Å². The molecule has 3 rings (SSSR count). The average molecular weight is 414 g/mol. The van der Waals surface area contributed by atoms with Crippen LogP contribution in [0.15, 0.2) is 52.3 Å². The summed E-state index contributed by atoms with van der Waals surface area (Å²) >= 11 is 7.53. The highest BCUT2D eigenvalue weighted by Crippen LogP contribution is 2.49. The van der Waals surface area contributed by atoms with Crippen molar-refractivity contribution in [3.63, 3.8) is 0 Å². The molecule has 28 heavy (non-hydrogen) atoms. The molecule has 1 heterocycles. The molecule has 2 aromatic carbocycles. The first kappa shape index (κ1) is 21.2. The maximum atomic E-state index is 5.69. The van der Waals surface area contributed by atoms with Crippen molar-refractivity contribution < 1.29 is 0 Å². The third kappa shape index (κ3) is 4.88. The van der Waals surface area contributed by atoms with Gasteiger partial charge in [0.05, 0.1) is 11.4 Å². The predicted molar refractivity (Wildman–Crippen MR) is 126 cm³/mol. The first-order chi connectivity index (χ1) is 13.4. The lowest BCUT2D eigenvalue weighted by molar-refractivity contribution is 0.380. The fourth-order valence-corrected chi connectivity index (χ4v) is 4.87. The molecule has 5 heteroatoms. The lowest BCUT2D eigenvalue weighted by atomic mass is 10.1. The molecule has 0 aliphatic carbocycles. The van der Waals surface area contributed by atoms with Crippen LogP contribution in [0.5, 0.6) is 0 Å². The summed E-state index contributed by atoms with van der Waals surface area (Å²) < 4.78 is 0. The van der Waals surface area contributed by atoms with Gasteiger partial charge in [-0.1, -0.05) is 56.0 Å². The third-order valence-corrected chi connectivity index (χ3v) is 6.41. The highest BCUT2D eigenvalue weighted by atomic mass is 32.2.